The maximum Gasteiger partial charge on any atom is 0.238 e. The van der Waals surface area contributed by atoms with Gasteiger partial charge in [0.1, 0.15) is 28.2 Å². The molecule has 0 saturated heterocycles. The second kappa shape index (κ2) is 12.2. The highest BCUT2D eigenvalue weighted by molar-refractivity contribution is 5.88. The number of ether oxygens (including phenoxy) is 1. The third-order valence-electron chi connectivity index (χ3n) is 6.41. The highest BCUT2D eigenvalue weighted by Gasteiger charge is 2.22. The second-order valence-electron chi connectivity index (χ2n) is 10.1. The maximum absolute atomic E-state index is 13.3. The molecule has 1 aromatic heterocycles. The smallest absolute Gasteiger partial charge is 0.238 e. The third-order valence-corrected chi connectivity index (χ3v) is 6.41. The van der Waals surface area contributed by atoms with Gasteiger partial charge in [-0.1, -0.05) is 38.1 Å². The van der Waals surface area contributed by atoms with E-state index in [-0.39, 0.29) is 53.1 Å². The predicted molar refractivity (Wildman–Crippen MR) is 151 cm³/mol. The van der Waals surface area contributed by atoms with Crippen LogP contribution < -0.4 is 15.5 Å². The molecule has 0 unspecified atom stereocenters. The fourth-order valence-electron chi connectivity index (χ4n) is 4.71. The lowest BCUT2D eigenvalue weighted by Crippen LogP contribution is -2.07. The minimum atomic E-state index is -0.704. The number of nitrogens with one attached hydrogen (secondary N) is 1. The molecule has 0 fully saturated rings. The van der Waals surface area contributed by atoms with Crippen LogP contribution in [-0.4, -0.2) is 40.7 Å². The van der Waals surface area contributed by atoms with E-state index in [2.05, 4.69) is 11.4 Å². The molecular weight excluding hydrogens is 498 g/mol. The van der Waals surface area contributed by atoms with Gasteiger partial charge in [-0.3, -0.25) is 4.79 Å². The Morgan fingerprint density at radius 1 is 0.974 bits per heavy atom. The first-order chi connectivity index (χ1) is 18.7. The number of fused-ring (bicyclic) bond motifs is 1. The molecule has 0 aliphatic heterocycles. The highest BCUT2D eigenvalue weighted by atomic mass is 16.5. The fraction of sp³-hybridized carbons (Fsp3) is 0.323. The van der Waals surface area contributed by atoms with Crippen molar-refractivity contribution in [2.75, 3.05) is 20.3 Å². The summed E-state index contributed by atoms with van der Waals surface area (Å²) >= 11 is 0. The molecule has 5 N–H and O–H groups in total. The Morgan fingerprint density at radius 2 is 1.72 bits per heavy atom. The van der Waals surface area contributed by atoms with Gasteiger partial charge in [-0.15, -0.1) is 0 Å². The normalized spacial score (nSPS) is 11.4. The summed E-state index contributed by atoms with van der Waals surface area (Å²) in [6.45, 7) is 4.82. The van der Waals surface area contributed by atoms with Crippen LogP contribution in [0.25, 0.3) is 22.3 Å². The van der Waals surface area contributed by atoms with Crippen LogP contribution >= 0.6 is 0 Å². The van der Waals surface area contributed by atoms with Crippen LogP contribution in [0.5, 0.6) is 23.0 Å². The summed E-state index contributed by atoms with van der Waals surface area (Å²) < 4.78 is 11.6. The molecule has 0 amide bonds. The minimum absolute atomic E-state index is 0.00487. The summed E-state index contributed by atoms with van der Waals surface area (Å²) in [4.78, 5) is 13.3. The molecule has 0 aliphatic rings. The van der Waals surface area contributed by atoms with Crippen molar-refractivity contribution in [3.63, 3.8) is 0 Å². The number of hydrogen-bond acceptors (Lipinski definition) is 8. The average Bonchev–Trinajstić information content (AvgIpc) is 2.88. The van der Waals surface area contributed by atoms with Gasteiger partial charge in [0.2, 0.25) is 11.2 Å². The zero-order chi connectivity index (χ0) is 28.1. The van der Waals surface area contributed by atoms with E-state index in [0.29, 0.717) is 42.5 Å². The topological polar surface area (TPSA) is 132 Å². The summed E-state index contributed by atoms with van der Waals surface area (Å²) in [5, 5.41) is 44.6. The first-order valence-corrected chi connectivity index (χ1v) is 13.1. The van der Waals surface area contributed by atoms with Crippen LogP contribution in [0.2, 0.25) is 0 Å². The van der Waals surface area contributed by atoms with Crippen LogP contribution in [0, 0.1) is 5.92 Å². The third kappa shape index (κ3) is 6.35. The van der Waals surface area contributed by atoms with Crippen molar-refractivity contribution in [2.45, 2.75) is 39.7 Å². The van der Waals surface area contributed by atoms with Gasteiger partial charge in [-0.25, -0.2) is 0 Å². The largest absolute Gasteiger partial charge is 0.508 e. The lowest BCUT2D eigenvalue weighted by Gasteiger charge is -2.16. The lowest BCUT2D eigenvalue weighted by molar-refractivity contribution is 0.234. The number of phenolic OH excluding ortho intramolecular Hbond substituents is 2. The number of hydrogen-bond donors (Lipinski definition) is 5. The fourth-order valence-corrected chi connectivity index (χ4v) is 4.71. The van der Waals surface area contributed by atoms with Crippen molar-refractivity contribution >= 4 is 11.0 Å². The van der Waals surface area contributed by atoms with Gasteiger partial charge >= 0.3 is 0 Å². The lowest BCUT2D eigenvalue weighted by atomic mass is 9.92. The molecule has 0 aliphatic carbocycles. The number of aliphatic hydroxyl groups excluding tert-OH is 1. The Balaban J connectivity index is 1.86. The van der Waals surface area contributed by atoms with Crippen molar-refractivity contribution in [3.05, 3.63) is 81.0 Å². The van der Waals surface area contributed by atoms with Crippen molar-refractivity contribution < 1.29 is 29.6 Å². The quantitative estimate of drug-likeness (QED) is 0.173. The zero-order valence-electron chi connectivity index (χ0n) is 22.5. The highest BCUT2D eigenvalue weighted by Crippen LogP contribution is 2.39. The van der Waals surface area contributed by atoms with Crippen LogP contribution in [0.3, 0.4) is 0 Å². The monoisotopic (exact) mass is 533 g/mol. The van der Waals surface area contributed by atoms with E-state index in [1.54, 1.807) is 12.1 Å². The Bertz CT molecular complexity index is 1520. The number of aliphatic hydroxyl groups is 1. The predicted octanol–water partition coefficient (Wildman–Crippen LogP) is 4.85. The van der Waals surface area contributed by atoms with E-state index in [1.807, 2.05) is 39.1 Å². The van der Waals surface area contributed by atoms with E-state index in [0.717, 1.165) is 11.1 Å². The molecule has 0 atom stereocenters. The number of rotatable bonds is 11. The number of phenols is 2. The van der Waals surface area contributed by atoms with Gasteiger partial charge in [0.25, 0.3) is 0 Å². The first kappa shape index (κ1) is 28.0. The minimum Gasteiger partial charge on any atom is -0.508 e. The van der Waals surface area contributed by atoms with Gasteiger partial charge in [-0.2, -0.15) is 0 Å². The standard InChI is InChI=1S/C31H35NO7/c1-18(2)10-21-13-23(14-22(28(21)35)12-19-6-4-7-20(11-19)17-32-3)31-30(37)29(36)27-25(38-9-5-8-33)15-24(34)16-26(27)39-31/h4,6-7,11,13-16,18,32-35,37H,5,8-10,12,17H2,1-3H3. The van der Waals surface area contributed by atoms with E-state index < -0.39 is 11.2 Å². The van der Waals surface area contributed by atoms with Crippen molar-refractivity contribution in [2.24, 2.45) is 5.92 Å². The molecule has 39 heavy (non-hydrogen) atoms. The van der Waals surface area contributed by atoms with E-state index in [9.17, 15) is 20.1 Å². The van der Waals surface area contributed by atoms with Gasteiger partial charge in [0.15, 0.2) is 5.76 Å². The molecule has 0 bridgehead atoms. The first-order valence-electron chi connectivity index (χ1n) is 13.1. The molecule has 0 saturated carbocycles. The molecule has 0 radical (unpaired) electrons. The Kier molecular flexibility index (Phi) is 8.79. The molecule has 0 spiro atoms. The summed E-state index contributed by atoms with van der Waals surface area (Å²) in [6, 6.07) is 14.1. The molecular formula is C31H35NO7. The van der Waals surface area contributed by atoms with Crippen molar-refractivity contribution in [3.8, 4) is 34.3 Å². The SMILES string of the molecule is CNCc1cccc(Cc2cc(-c3oc4cc(O)cc(OCCCO)c4c(=O)c3O)cc(CC(C)C)c2O)c1. The summed E-state index contributed by atoms with van der Waals surface area (Å²) in [5.74, 6) is -0.355. The Morgan fingerprint density at radius 3 is 2.44 bits per heavy atom. The van der Waals surface area contributed by atoms with Crippen molar-refractivity contribution in [1.82, 2.24) is 5.32 Å². The molecule has 206 valence electrons. The summed E-state index contributed by atoms with van der Waals surface area (Å²) in [6.07, 6.45) is 1.35. The average molecular weight is 534 g/mol. The molecule has 1 heterocycles. The maximum atomic E-state index is 13.3. The van der Waals surface area contributed by atoms with Crippen LogP contribution in [0.4, 0.5) is 0 Å². The van der Waals surface area contributed by atoms with Gasteiger partial charge in [-0.05, 0) is 53.8 Å². The molecule has 4 aromatic rings. The van der Waals surface area contributed by atoms with Gasteiger partial charge in [0, 0.05) is 43.7 Å². The van der Waals surface area contributed by atoms with Crippen molar-refractivity contribution in [1.29, 1.82) is 0 Å². The number of benzene rings is 3. The second-order valence-corrected chi connectivity index (χ2v) is 10.1. The zero-order valence-corrected chi connectivity index (χ0v) is 22.5. The van der Waals surface area contributed by atoms with Gasteiger partial charge in [0.05, 0.1) is 6.61 Å². The van der Waals surface area contributed by atoms with Gasteiger partial charge < -0.3 is 34.9 Å². The molecule has 4 rings (SSSR count). The number of aromatic hydroxyl groups is 3. The summed E-state index contributed by atoms with van der Waals surface area (Å²) in [5.41, 5.74) is 3.21. The van der Waals surface area contributed by atoms with Crippen LogP contribution in [0.15, 0.2) is 57.7 Å². The van der Waals surface area contributed by atoms with E-state index in [4.69, 9.17) is 14.3 Å². The van der Waals surface area contributed by atoms with E-state index in [1.165, 1.54) is 12.1 Å². The van der Waals surface area contributed by atoms with E-state index >= 15 is 0 Å². The Labute approximate surface area is 227 Å². The van der Waals surface area contributed by atoms with Crippen LogP contribution in [0.1, 0.15) is 42.5 Å². The molecule has 3 aromatic carbocycles. The molecule has 8 nitrogen and oxygen atoms in total. The Hall–Kier alpha value is -4.01. The summed E-state index contributed by atoms with van der Waals surface area (Å²) in [7, 11) is 1.88. The molecule has 8 heteroatoms. The van der Waals surface area contributed by atoms with Crippen LogP contribution in [-0.2, 0) is 19.4 Å².